The van der Waals surface area contributed by atoms with Crippen LogP contribution in [0.1, 0.15) is 15.9 Å². The van der Waals surface area contributed by atoms with Crippen molar-refractivity contribution >= 4 is 42.4 Å². The van der Waals surface area contributed by atoms with Gasteiger partial charge in [0.2, 0.25) is 0 Å². The molecule has 0 atom stereocenters. The molecular formula is C28H22N2O4S2. The van der Waals surface area contributed by atoms with Crippen LogP contribution in [0, 0.1) is 0 Å². The van der Waals surface area contributed by atoms with Gasteiger partial charge in [-0.25, -0.2) is 13.4 Å². The molecule has 1 aromatic heterocycles. The van der Waals surface area contributed by atoms with Crippen LogP contribution in [0.2, 0.25) is 0 Å². The number of ether oxygens (including phenoxy) is 1. The van der Waals surface area contributed by atoms with Crippen LogP contribution < -0.4 is 9.64 Å². The standard InChI is InChI=1S/C28H22N2O4S2/c1-36(32,33)24-15-16-25-26(18-24)35-28(29-25)30(19-20-9-4-2-5-10-20)27(31)21-11-8-14-23(17-21)34-22-12-6-3-7-13-22/h2-18H,19H2,1H3. The molecule has 1 amide bonds. The number of aromatic nitrogens is 1. The first-order valence-corrected chi connectivity index (χ1v) is 13.9. The molecule has 0 aliphatic carbocycles. The van der Waals surface area contributed by atoms with Gasteiger partial charge in [-0.1, -0.05) is 65.9 Å². The second-order valence-corrected chi connectivity index (χ2v) is 11.2. The van der Waals surface area contributed by atoms with E-state index in [4.69, 9.17) is 4.74 Å². The minimum Gasteiger partial charge on any atom is -0.457 e. The number of sulfone groups is 1. The van der Waals surface area contributed by atoms with Crippen LogP contribution in [0.4, 0.5) is 5.13 Å². The molecule has 1 heterocycles. The summed E-state index contributed by atoms with van der Waals surface area (Å²) in [7, 11) is -3.36. The van der Waals surface area contributed by atoms with Crippen molar-refractivity contribution in [3.05, 3.63) is 114 Å². The Labute approximate surface area is 213 Å². The van der Waals surface area contributed by atoms with Gasteiger partial charge in [-0.2, -0.15) is 0 Å². The summed E-state index contributed by atoms with van der Waals surface area (Å²) >= 11 is 1.28. The van der Waals surface area contributed by atoms with E-state index in [2.05, 4.69) is 4.98 Å². The third kappa shape index (κ3) is 5.30. The Kier molecular flexibility index (Phi) is 6.54. The molecule has 5 rings (SSSR count). The fourth-order valence-electron chi connectivity index (χ4n) is 3.70. The van der Waals surface area contributed by atoms with Crippen molar-refractivity contribution in [3.8, 4) is 11.5 Å². The zero-order valence-corrected chi connectivity index (χ0v) is 21.0. The van der Waals surface area contributed by atoms with Crippen molar-refractivity contribution in [3.63, 3.8) is 0 Å². The van der Waals surface area contributed by atoms with Crippen LogP contribution in [-0.2, 0) is 16.4 Å². The van der Waals surface area contributed by atoms with Gasteiger partial charge in [-0.05, 0) is 54.1 Å². The van der Waals surface area contributed by atoms with Crippen LogP contribution in [0.5, 0.6) is 11.5 Å². The highest BCUT2D eigenvalue weighted by molar-refractivity contribution is 7.90. The van der Waals surface area contributed by atoms with E-state index in [0.717, 1.165) is 5.56 Å². The lowest BCUT2D eigenvalue weighted by Gasteiger charge is -2.20. The topological polar surface area (TPSA) is 76.6 Å². The van der Waals surface area contributed by atoms with E-state index < -0.39 is 9.84 Å². The molecule has 0 aliphatic heterocycles. The summed E-state index contributed by atoms with van der Waals surface area (Å²) in [5.74, 6) is 0.990. The average Bonchev–Trinajstić information content (AvgIpc) is 3.31. The zero-order chi connectivity index (χ0) is 25.1. The number of hydrogen-bond donors (Lipinski definition) is 0. The second-order valence-electron chi connectivity index (χ2n) is 8.22. The summed E-state index contributed by atoms with van der Waals surface area (Å²) in [5.41, 5.74) is 2.03. The van der Waals surface area contributed by atoms with E-state index >= 15 is 0 Å². The summed E-state index contributed by atoms with van der Waals surface area (Å²) < 4.78 is 30.7. The molecule has 0 fully saturated rings. The lowest BCUT2D eigenvalue weighted by Crippen LogP contribution is -2.30. The minimum absolute atomic E-state index is 0.219. The SMILES string of the molecule is CS(=O)(=O)c1ccc2nc(N(Cc3ccccc3)C(=O)c3cccc(Oc4ccccc4)c3)sc2c1. The molecule has 0 unspecified atom stereocenters. The van der Waals surface area contributed by atoms with E-state index in [1.54, 1.807) is 41.3 Å². The first kappa shape index (κ1) is 23.7. The Bertz CT molecular complexity index is 1630. The van der Waals surface area contributed by atoms with Gasteiger partial charge in [-0.3, -0.25) is 9.69 Å². The number of para-hydroxylation sites is 1. The number of anilines is 1. The van der Waals surface area contributed by atoms with Crippen LogP contribution >= 0.6 is 11.3 Å². The number of benzene rings is 4. The molecular weight excluding hydrogens is 492 g/mol. The summed E-state index contributed by atoms with van der Waals surface area (Å²) in [6.07, 6.45) is 1.17. The maximum absolute atomic E-state index is 13.8. The molecule has 0 saturated carbocycles. The maximum Gasteiger partial charge on any atom is 0.260 e. The first-order valence-electron chi connectivity index (χ1n) is 11.2. The third-order valence-corrected chi connectivity index (χ3v) is 7.65. The molecule has 4 aromatic carbocycles. The van der Waals surface area contributed by atoms with Crippen molar-refractivity contribution in [1.82, 2.24) is 4.98 Å². The van der Waals surface area contributed by atoms with Gasteiger partial charge in [0.05, 0.1) is 21.7 Å². The van der Waals surface area contributed by atoms with Crippen molar-refractivity contribution in [2.45, 2.75) is 11.4 Å². The molecule has 0 spiro atoms. The molecule has 8 heteroatoms. The normalized spacial score (nSPS) is 11.4. The van der Waals surface area contributed by atoms with Crippen LogP contribution in [0.25, 0.3) is 10.2 Å². The number of amides is 1. The van der Waals surface area contributed by atoms with Gasteiger partial charge < -0.3 is 4.74 Å². The Balaban J connectivity index is 1.52. The van der Waals surface area contributed by atoms with E-state index in [9.17, 15) is 13.2 Å². The largest absolute Gasteiger partial charge is 0.457 e. The maximum atomic E-state index is 13.8. The highest BCUT2D eigenvalue weighted by Crippen LogP contribution is 2.33. The molecule has 180 valence electrons. The minimum atomic E-state index is -3.36. The number of nitrogens with zero attached hydrogens (tertiary/aromatic N) is 2. The average molecular weight is 515 g/mol. The molecule has 36 heavy (non-hydrogen) atoms. The van der Waals surface area contributed by atoms with Crippen LogP contribution in [0.3, 0.4) is 0 Å². The second kappa shape index (κ2) is 9.93. The quantitative estimate of drug-likeness (QED) is 0.253. The summed E-state index contributed by atoms with van der Waals surface area (Å²) in [4.78, 5) is 20.3. The van der Waals surface area contributed by atoms with Gasteiger partial charge in [0.25, 0.3) is 5.91 Å². The first-order chi connectivity index (χ1) is 17.4. The van der Waals surface area contributed by atoms with E-state index in [-0.39, 0.29) is 10.8 Å². The molecule has 0 aliphatic rings. The Hall–Kier alpha value is -4.01. The predicted molar refractivity (Wildman–Crippen MR) is 143 cm³/mol. The number of hydrogen-bond acceptors (Lipinski definition) is 6. The van der Waals surface area contributed by atoms with Crippen LogP contribution in [0.15, 0.2) is 108 Å². The van der Waals surface area contributed by atoms with E-state index in [1.807, 2.05) is 60.7 Å². The molecule has 0 bridgehead atoms. The number of carbonyl (C=O) groups is 1. The fourth-order valence-corrected chi connectivity index (χ4v) is 5.43. The predicted octanol–water partition coefficient (Wildman–Crippen LogP) is 6.34. The number of carbonyl (C=O) groups excluding carboxylic acids is 1. The molecule has 0 radical (unpaired) electrons. The molecule has 0 N–H and O–H groups in total. The fraction of sp³-hybridized carbons (Fsp3) is 0.0714. The Morgan fingerprint density at radius 1 is 0.861 bits per heavy atom. The number of rotatable bonds is 7. The lowest BCUT2D eigenvalue weighted by molar-refractivity contribution is 0.0985. The van der Waals surface area contributed by atoms with Gasteiger partial charge >= 0.3 is 0 Å². The highest BCUT2D eigenvalue weighted by Gasteiger charge is 2.23. The molecule has 5 aromatic rings. The van der Waals surface area contributed by atoms with E-state index in [0.29, 0.717) is 39.0 Å². The van der Waals surface area contributed by atoms with Crippen LogP contribution in [-0.4, -0.2) is 25.6 Å². The van der Waals surface area contributed by atoms with Gasteiger partial charge in [-0.15, -0.1) is 0 Å². The molecule has 0 saturated heterocycles. The highest BCUT2D eigenvalue weighted by atomic mass is 32.2. The van der Waals surface area contributed by atoms with Crippen molar-refractivity contribution in [2.24, 2.45) is 0 Å². The van der Waals surface area contributed by atoms with Crippen molar-refractivity contribution in [2.75, 3.05) is 11.2 Å². The van der Waals surface area contributed by atoms with Crippen molar-refractivity contribution < 1.29 is 17.9 Å². The van der Waals surface area contributed by atoms with Crippen molar-refractivity contribution in [1.29, 1.82) is 0 Å². The molecule has 6 nitrogen and oxygen atoms in total. The summed E-state index contributed by atoms with van der Waals surface area (Å²) in [6, 6.07) is 30.9. The summed E-state index contributed by atoms with van der Waals surface area (Å²) in [6.45, 7) is 0.308. The lowest BCUT2D eigenvalue weighted by atomic mass is 10.1. The smallest absolute Gasteiger partial charge is 0.260 e. The third-order valence-electron chi connectivity index (χ3n) is 5.50. The zero-order valence-electron chi connectivity index (χ0n) is 19.4. The Morgan fingerprint density at radius 2 is 1.56 bits per heavy atom. The Morgan fingerprint density at radius 3 is 2.28 bits per heavy atom. The monoisotopic (exact) mass is 514 g/mol. The van der Waals surface area contributed by atoms with E-state index in [1.165, 1.54) is 23.7 Å². The van der Waals surface area contributed by atoms with Gasteiger partial charge in [0.1, 0.15) is 11.5 Å². The van der Waals surface area contributed by atoms with Gasteiger partial charge in [0, 0.05) is 11.8 Å². The number of thiazole rings is 1. The van der Waals surface area contributed by atoms with Gasteiger partial charge in [0.15, 0.2) is 15.0 Å². The summed E-state index contributed by atoms with van der Waals surface area (Å²) in [5, 5.41) is 0.485. The number of fused-ring (bicyclic) bond motifs is 1.